The first-order valence-electron chi connectivity index (χ1n) is 6.68. The molecule has 0 spiro atoms. The highest BCUT2D eigenvalue weighted by Crippen LogP contribution is 2.18. The fourth-order valence-electron chi connectivity index (χ4n) is 2.33. The Balaban J connectivity index is 1.78. The van der Waals surface area contributed by atoms with Crippen LogP contribution in [0.25, 0.3) is 11.0 Å². The molecule has 0 fully saturated rings. The highest BCUT2D eigenvalue weighted by Gasteiger charge is 2.04. The average Bonchev–Trinajstić information content (AvgIpc) is 2.95. The van der Waals surface area contributed by atoms with Gasteiger partial charge in [0.1, 0.15) is 0 Å². The summed E-state index contributed by atoms with van der Waals surface area (Å²) < 4.78 is 0. The van der Waals surface area contributed by atoms with E-state index in [0.717, 1.165) is 23.1 Å². The smallest absolute Gasteiger partial charge is 0.0931 e. The van der Waals surface area contributed by atoms with Crippen molar-refractivity contribution in [3.05, 3.63) is 59.9 Å². The molecule has 0 bridgehead atoms. The molecule has 0 aliphatic heterocycles. The molecule has 4 nitrogen and oxygen atoms in total. The maximum absolute atomic E-state index is 5.62. The molecule has 0 radical (unpaired) electrons. The number of aromatic amines is 1. The van der Waals surface area contributed by atoms with Crippen molar-refractivity contribution in [3.8, 4) is 0 Å². The minimum Gasteiger partial charge on any atom is -0.370 e. The number of H-pyrrole nitrogens is 1. The van der Waals surface area contributed by atoms with Crippen LogP contribution in [0.5, 0.6) is 0 Å². The zero-order valence-electron chi connectivity index (χ0n) is 11.5. The number of aromatic nitrogens is 2. The van der Waals surface area contributed by atoms with Gasteiger partial charge in [-0.3, -0.25) is 0 Å². The third-order valence-corrected chi connectivity index (χ3v) is 3.52. The lowest BCUT2D eigenvalue weighted by atomic mass is 10.1. The van der Waals surface area contributed by atoms with Gasteiger partial charge in [-0.2, -0.15) is 0 Å². The van der Waals surface area contributed by atoms with E-state index < -0.39 is 0 Å². The minimum absolute atomic E-state index is 0.584. The van der Waals surface area contributed by atoms with Gasteiger partial charge < -0.3 is 15.6 Å². The van der Waals surface area contributed by atoms with Crippen molar-refractivity contribution in [1.29, 1.82) is 0 Å². The van der Waals surface area contributed by atoms with E-state index >= 15 is 0 Å². The molecule has 0 aliphatic rings. The van der Waals surface area contributed by atoms with E-state index in [0.29, 0.717) is 6.54 Å². The van der Waals surface area contributed by atoms with Gasteiger partial charge >= 0.3 is 0 Å². The quantitative estimate of drug-likeness (QED) is 0.763. The number of nitrogens with zero attached hydrogens (tertiary/aromatic N) is 2. The van der Waals surface area contributed by atoms with Crippen molar-refractivity contribution in [2.75, 3.05) is 11.9 Å². The Labute approximate surface area is 118 Å². The zero-order chi connectivity index (χ0) is 13.9. The SMILES string of the molecule is CN(Cc1ccc2nc[nH]c2c1)c1ccc(CN)cc1. The van der Waals surface area contributed by atoms with E-state index in [-0.39, 0.29) is 0 Å². The van der Waals surface area contributed by atoms with E-state index in [4.69, 9.17) is 5.73 Å². The summed E-state index contributed by atoms with van der Waals surface area (Å²) in [5, 5.41) is 0. The van der Waals surface area contributed by atoms with Crippen molar-refractivity contribution in [1.82, 2.24) is 9.97 Å². The Morgan fingerprint density at radius 2 is 1.85 bits per heavy atom. The third kappa shape index (κ3) is 2.51. The van der Waals surface area contributed by atoms with Gasteiger partial charge in [0.05, 0.1) is 17.4 Å². The predicted octanol–water partition coefficient (Wildman–Crippen LogP) is 2.66. The van der Waals surface area contributed by atoms with Gasteiger partial charge in [0.15, 0.2) is 0 Å². The molecule has 4 heteroatoms. The van der Waals surface area contributed by atoms with E-state index in [1.54, 1.807) is 6.33 Å². The van der Waals surface area contributed by atoms with Gasteiger partial charge in [-0.15, -0.1) is 0 Å². The summed E-state index contributed by atoms with van der Waals surface area (Å²) in [6.07, 6.45) is 1.73. The van der Waals surface area contributed by atoms with Crippen molar-refractivity contribution in [2.45, 2.75) is 13.1 Å². The van der Waals surface area contributed by atoms with Gasteiger partial charge in [0.25, 0.3) is 0 Å². The van der Waals surface area contributed by atoms with Crippen LogP contribution in [0.4, 0.5) is 5.69 Å². The molecule has 102 valence electrons. The minimum atomic E-state index is 0.584. The number of imidazole rings is 1. The molecule has 3 rings (SSSR count). The molecule has 2 aromatic carbocycles. The number of benzene rings is 2. The summed E-state index contributed by atoms with van der Waals surface area (Å²) in [5.41, 5.74) is 11.3. The van der Waals surface area contributed by atoms with Gasteiger partial charge in [-0.1, -0.05) is 18.2 Å². The molecule has 0 saturated carbocycles. The van der Waals surface area contributed by atoms with Gasteiger partial charge in [0, 0.05) is 25.8 Å². The van der Waals surface area contributed by atoms with Gasteiger partial charge in [-0.05, 0) is 35.4 Å². The molecule has 0 atom stereocenters. The lowest BCUT2D eigenvalue weighted by Crippen LogP contribution is -2.16. The molecule has 1 heterocycles. The van der Waals surface area contributed by atoms with Crippen molar-refractivity contribution >= 4 is 16.7 Å². The average molecular weight is 266 g/mol. The Morgan fingerprint density at radius 3 is 2.60 bits per heavy atom. The first-order chi connectivity index (χ1) is 9.76. The molecule has 20 heavy (non-hydrogen) atoms. The second kappa shape index (κ2) is 5.35. The highest BCUT2D eigenvalue weighted by molar-refractivity contribution is 5.75. The molecule has 3 N–H and O–H groups in total. The molecular formula is C16H18N4. The van der Waals surface area contributed by atoms with Crippen LogP contribution in [0.3, 0.4) is 0 Å². The van der Waals surface area contributed by atoms with Crippen LogP contribution in [0.2, 0.25) is 0 Å². The molecule has 0 aliphatic carbocycles. The molecule has 0 unspecified atom stereocenters. The maximum Gasteiger partial charge on any atom is 0.0931 e. The number of hydrogen-bond donors (Lipinski definition) is 2. The van der Waals surface area contributed by atoms with E-state index in [1.807, 2.05) is 6.07 Å². The number of hydrogen-bond acceptors (Lipinski definition) is 3. The lowest BCUT2D eigenvalue weighted by molar-refractivity contribution is 0.922. The number of fused-ring (bicyclic) bond motifs is 1. The largest absolute Gasteiger partial charge is 0.370 e. The predicted molar refractivity (Wildman–Crippen MR) is 82.5 cm³/mol. The molecule has 0 amide bonds. The van der Waals surface area contributed by atoms with Crippen LogP contribution in [0, 0.1) is 0 Å². The van der Waals surface area contributed by atoms with Crippen LogP contribution in [-0.2, 0) is 13.1 Å². The van der Waals surface area contributed by atoms with Crippen LogP contribution >= 0.6 is 0 Å². The molecular weight excluding hydrogens is 248 g/mol. The van der Waals surface area contributed by atoms with Crippen LogP contribution in [0.15, 0.2) is 48.8 Å². The van der Waals surface area contributed by atoms with E-state index in [2.05, 4.69) is 58.3 Å². The number of anilines is 1. The summed E-state index contributed by atoms with van der Waals surface area (Å²) in [6.45, 7) is 1.44. The third-order valence-electron chi connectivity index (χ3n) is 3.52. The Hall–Kier alpha value is -2.33. The van der Waals surface area contributed by atoms with Crippen molar-refractivity contribution in [2.24, 2.45) is 5.73 Å². The van der Waals surface area contributed by atoms with Gasteiger partial charge in [0.2, 0.25) is 0 Å². The monoisotopic (exact) mass is 266 g/mol. The summed E-state index contributed by atoms with van der Waals surface area (Å²) in [6, 6.07) is 14.7. The molecule has 3 aromatic rings. The van der Waals surface area contributed by atoms with Crippen LogP contribution in [0.1, 0.15) is 11.1 Å². The maximum atomic E-state index is 5.62. The Morgan fingerprint density at radius 1 is 1.10 bits per heavy atom. The van der Waals surface area contributed by atoms with Crippen LogP contribution < -0.4 is 10.6 Å². The molecule has 1 aromatic heterocycles. The normalized spacial score (nSPS) is 10.9. The second-order valence-electron chi connectivity index (χ2n) is 4.98. The highest BCUT2D eigenvalue weighted by atomic mass is 15.1. The zero-order valence-corrected chi connectivity index (χ0v) is 11.5. The van der Waals surface area contributed by atoms with Crippen molar-refractivity contribution < 1.29 is 0 Å². The fraction of sp³-hybridized carbons (Fsp3) is 0.188. The van der Waals surface area contributed by atoms with Crippen LogP contribution in [-0.4, -0.2) is 17.0 Å². The first kappa shape index (κ1) is 12.7. The summed E-state index contributed by atoms with van der Waals surface area (Å²) in [5.74, 6) is 0. The fourth-order valence-corrected chi connectivity index (χ4v) is 2.33. The summed E-state index contributed by atoms with van der Waals surface area (Å²) in [7, 11) is 2.09. The summed E-state index contributed by atoms with van der Waals surface area (Å²) >= 11 is 0. The Bertz CT molecular complexity index is 700. The van der Waals surface area contributed by atoms with Gasteiger partial charge in [-0.25, -0.2) is 4.98 Å². The van der Waals surface area contributed by atoms with E-state index in [9.17, 15) is 0 Å². The number of nitrogens with one attached hydrogen (secondary N) is 1. The van der Waals surface area contributed by atoms with E-state index in [1.165, 1.54) is 11.3 Å². The standard InChI is InChI=1S/C16H18N4/c1-20(14-5-2-12(9-17)3-6-14)10-13-4-7-15-16(8-13)19-11-18-15/h2-8,11H,9-10,17H2,1H3,(H,18,19). The molecule has 0 saturated heterocycles. The topological polar surface area (TPSA) is 57.9 Å². The second-order valence-corrected chi connectivity index (χ2v) is 4.98. The number of rotatable bonds is 4. The Kier molecular flexibility index (Phi) is 3.39. The van der Waals surface area contributed by atoms with Crippen molar-refractivity contribution in [3.63, 3.8) is 0 Å². The first-order valence-corrected chi connectivity index (χ1v) is 6.68. The summed E-state index contributed by atoms with van der Waals surface area (Å²) in [4.78, 5) is 9.60. The lowest BCUT2D eigenvalue weighted by Gasteiger charge is -2.19. The number of nitrogens with two attached hydrogens (primary N) is 1.